The summed E-state index contributed by atoms with van der Waals surface area (Å²) >= 11 is 0. The molecule has 1 unspecified atom stereocenters. The molecule has 1 amide bonds. The average Bonchev–Trinajstić information content (AvgIpc) is 2.01. The summed E-state index contributed by atoms with van der Waals surface area (Å²) in [6.07, 6.45) is 0. The van der Waals surface area contributed by atoms with E-state index in [0.717, 1.165) is 0 Å². The van der Waals surface area contributed by atoms with Crippen LogP contribution in [-0.2, 0) is 4.79 Å². The Hall–Kier alpha value is -1.42. The summed E-state index contributed by atoms with van der Waals surface area (Å²) in [6.45, 7) is 3.13. The molecule has 1 atom stereocenters. The second-order valence-electron chi connectivity index (χ2n) is 3.24. The van der Waals surface area contributed by atoms with Crippen LogP contribution in [0.5, 0.6) is 0 Å². The molecular formula is C10H13FN2O. The Kier molecular flexibility index (Phi) is 3.19. The van der Waals surface area contributed by atoms with Gasteiger partial charge in [-0.3, -0.25) is 4.79 Å². The third kappa shape index (κ3) is 2.81. The summed E-state index contributed by atoms with van der Waals surface area (Å²) in [5.74, 6) is -0.630. The predicted octanol–water partition coefficient (Wildman–Crippen LogP) is 1.80. The molecule has 0 fully saturated rings. The molecule has 0 radical (unpaired) electrons. The Labute approximate surface area is 82.1 Å². The molecule has 0 aromatic heterocycles. The SMILES string of the molecule is CC(=O)Nc1cc(F)cc(C(C)N)c1. The summed E-state index contributed by atoms with van der Waals surface area (Å²) in [6, 6.07) is 4.02. The number of benzene rings is 1. The van der Waals surface area contributed by atoms with Crippen molar-refractivity contribution >= 4 is 11.6 Å². The van der Waals surface area contributed by atoms with Gasteiger partial charge in [-0.25, -0.2) is 4.39 Å². The summed E-state index contributed by atoms with van der Waals surface area (Å²) in [5, 5.41) is 2.51. The van der Waals surface area contributed by atoms with Crippen molar-refractivity contribution in [2.75, 3.05) is 5.32 Å². The van der Waals surface area contributed by atoms with Crippen LogP contribution in [0.2, 0.25) is 0 Å². The van der Waals surface area contributed by atoms with E-state index in [0.29, 0.717) is 11.3 Å². The zero-order chi connectivity index (χ0) is 10.7. The van der Waals surface area contributed by atoms with Gasteiger partial charge in [0, 0.05) is 18.7 Å². The molecule has 0 aliphatic carbocycles. The maximum absolute atomic E-state index is 13.0. The Bertz CT molecular complexity index is 350. The Balaban J connectivity index is 3.01. The molecule has 0 aliphatic rings. The van der Waals surface area contributed by atoms with Crippen LogP contribution in [0.3, 0.4) is 0 Å². The van der Waals surface area contributed by atoms with E-state index >= 15 is 0 Å². The van der Waals surface area contributed by atoms with Crippen molar-refractivity contribution < 1.29 is 9.18 Å². The van der Waals surface area contributed by atoms with Crippen LogP contribution in [0.1, 0.15) is 25.5 Å². The van der Waals surface area contributed by atoms with E-state index in [4.69, 9.17) is 5.73 Å². The van der Waals surface area contributed by atoms with E-state index in [2.05, 4.69) is 5.32 Å². The number of hydrogen-bond acceptors (Lipinski definition) is 2. The van der Waals surface area contributed by atoms with Crippen molar-refractivity contribution in [2.24, 2.45) is 5.73 Å². The van der Waals surface area contributed by atoms with E-state index in [1.165, 1.54) is 19.1 Å². The van der Waals surface area contributed by atoms with Crippen LogP contribution in [0.4, 0.5) is 10.1 Å². The lowest BCUT2D eigenvalue weighted by Gasteiger charge is -2.09. The van der Waals surface area contributed by atoms with E-state index < -0.39 is 5.82 Å². The molecule has 0 bridgehead atoms. The third-order valence-electron chi connectivity index (χ3n) is 1.77. The number of rotatable bonds is 2. The van der Waals surface area contributed by atoms with Crippen LogP contribution < -0.4 is 11.1 Å². The second kappa shape index (κ2) is 4.19. The maximum atomic E-state index is 13.0. The molecule has 1 aromatic rings. The zero-order valence-electron chi connectivity index (χ0n) is 8.17. The predicted molar refractivity (Wildman–Crippen MR) is 53.3 cm³/mol. The quantitative estimate of drug-likeness (QED) is 0.757. The first-order valence-corrected chi connectivity index (χ1v) is 4.32. The molecule has 1 rings (SSSR count). The maximum Gasteiger partial charge on any atom is 0.221 e. The number of amides is 1. The summed E-state index contributed by atoms with van der Waals surface area (Å²) in [4.78, 5) is 10.7. The molecule has 76 valence electrons. The highest BCUT2D eigenvalue weighted by Gasteiger charge is 2.05. The Morgan fingerprint density at radius 1 is 1.50 bits per heavy atom. The monoisotopic (exact) mass is 196 g/mol. The topological polar surface area (TPSA) is 55.1 Å². The van der Waals surface area contributed by atoms with Crippen molar-refractivity contribution in [3.8, 4) is 0 Å². The van der Waals surface area contributed by atoms with Crippen molar-refractivity contribution in [3.63, 3.8) is 0 Å². The van der Waals surface area contributed by atoms with Crippen molar-refractivity contribution in [2.45, 2.75) is 19.9 Å². The zero-order valence-corrected chi connectivity index (χ0v) is 8.17. The van der Waals surface area contributed by atoms with Crippen LogP contribution in [0.15, 0.2) is 18.2 Å². The number of nitrogens with one attached hydrogen (secondary N) is 1. The molecule has 0 saturated carbocycles. The molecule has 4 heteroatoms. The fraction of sp³-hybridized carbons (Fsp3) is 0.300. The Morgan fingerprint density at radius 3 is 2.64 bits per heavy atom. The summed E-state index contributed by atoms with van der Waals surface area (Å²) in [7, 11) is 0. The molecule has 0 saturated heterocycles. The van der Waals surface area contributed by atoms with Crippen LogP contribution in [0.25, 0.3) is 0 Å². The molecule has 3 N–H and O–H groups in total. The van der Waals surface area contributed by atoms with Gasteiger partial charge in [0.05, 0.1) is 0 Å². The lowest BCUT2D eigenvalue weighted by atomic mass is 10.1. The standard InChI is InChI=1S/C10H13FN2O/c1-6(12)8-3-9(11)5-10(4-8)13-7(2)14/h3-6H,12H2,1-2H3,(H,13,14). The first-order valence-electron chi connectivity index (χ1n) is 4.32. The van der Waals surface area contributed by atoms with Crippen molar-refractivity contribution in [1.29, 1.82) is 0 Å². The van der Waals surface area contributed by atoms with E-state index in [1.54, 1.807) is 13.0 Å². The lowest BCUT2D eigenvalue weighted by molar-refractivity contribution is -0.114. The van der Waals surface area contributed by atoms with Gasteiger partial charge in [0.1, 0.15) is 5.82 Å². The lowest BCUT2D eigenvalue weighted by Crippen LogP contribution is -2.09. The molecule has 3 nitrogen and oxygen atoms in total. The molecule has 1 aromatic carbocycles. The van der Waals surface area contributed by atoms with Gasteiger partial charge in [-0.15, -0.1) is 0 Å². The second-order valence-corrected chi connectivity index (χ2v) is 3.24. The number of hydrogen-bond donors (Lipinski definition) is 2. The third-order valence-corrected chi connectivity index (χ3v) is 1.77. The minimum absolute atomic E-state index is 0.230. The van der Waals surface area contributed by atoms with E-state index in [1.807, 2.05) is 0 Å². The number of nitrogens with two attached hydrogens (primary N) is 1. The number of carbonyl (C=O) groups is 1. The molecular weight excluding hydrogens is 183 g/mol. The van der Waals surface area contributed by atoms with Gasteiger partial charge in [0.2, 0.25) is 5.91 Å². The number of halogens is 1. The molecule has 0 spiro atoms. The van der Waals surface area contributed by atoms with Gasteiger partial charge >= 0.3 is 0 Å². The van der Waals surface area contributed by atoms with Gasteiger partial charge in [0.15, 0.2) is 0 Å². The van der Waals surface area contributed by atoms with Gasteiger partial charge < -0.3 is 11.1 Å². The fourth-order valence-corrected chi connectivity index (χ4v) is 1.15. The normalized spacial score (nSPS) is 12.3. The van der Waals surface area contributed by atoms with E-state index in [-0.39, 0.29) is 11.9 Å². The highest BCUT2D eigenvalue weighted by molar-refractivity contribution is 5.88. The van der Waals surface area contributed by atoms with Crippen molar-refractivity contribution in [3.05, 3.63) is 29.6 Å². The average molecular weight is 196 g/mol. The first-order chi connectivity index (χ1) is 6.49. The van der Waals surface area contributed by atoms with Gasteiger partial charge in [0.25, 0.3) is 0 Å². The summed E-state index contributed by atoms with van der Waals surface area (Å²) < 4.78 is 13.0. The first kappa shape index (κ1) is 10.7. The van der Waals surface area contributed by atoms with Gasteiger partial charge in [-0.2, -0.15) is 0 Å². The highest BCUT2D eigenvalue weighted by Crippen LogP contribution is 2.18. The van der Waals surface area contributed by atoms with Crippen LogP contribution >= 0.6 is 0 Å². The fourth-order valence-electron chi connectivity index (χ4n) is 1.15. The number of anilines is 1. The molecule has 14 heavy (non-hydrogen) atoms. The van der Waals surface area contributed by atoms with Crippen molar-refractivity contribution in [1.82, 2.24) is 0 Å². The summed E-state index contributed by atoms with van der Waals surface area (Å²) in [5.41, 5.74) is 6.70. The molecule has 0 heterocycles. The van der Waals surface area contributed by atoms with Gasteiger partial charge in [-0.1, -0.05) is 0 Å². The Morgan fingerprint density at radius 2 is 2.14 bits per heavy atom. The minimum Gasteiger partial charge on any atom is -0.326 e. The van der Waals surface area contributed by atoms with Gasteiger partial charge in [-0.05, 0) is 30.7 Å². The largest absolute Gasteiger partial charge is 0.326 e. The van der Waals surface area contributed by atoms with Crippen LogP contribution in [-0.4, -0.2) is 5.91 Å². The van der Waals surface area contributed by atoms with Crippen LogP contribution in [0, 0.1) is 5.82 Å². The highest BCUT2D eigenvalue weighted by atomic mass is 19.1. The number of carbonyl (C=O) groups excluding carboxylic acids is 1. The molecule has 0 aliphatic heterocycles. The van der Waals surface area contributed by atoms with E-state index in [9.17, 15) is 9.18 Å². The smallest absolute Gasteiger partial charge is 0.221 e. The minimum atomic E-state index is -0.399.